The number of amides is 2. The van der Waals surface area contributed by atoms with Crippen LogP contribution in [-0.2, 0) is 4.79 Å². The summed E-state index contributed by atoms with van der Waals surface area (Å²) in [5.74, 6) is -0.0983. The molecule has 0 saturated carbocycles. The highest BCUT2D eigenvalue weighted by molar-refractivity contribution is 5.97. The van der Waals surface area contributed by atoms with E-state index in [2.05, 4.69) is 15.4 Å². The molecule has 166 valence electrons. The number of halogens is 1. The molecule has 1 aliphatic rings. The monoisotopic (exact) mass is 435 g/mol. The van der Waals surface area contributed by atoms with Crippen LogP contribution in [-0.4, -0.2) is 44.6 Å². The summed E-state index contributed by atoms with van der Waals surface area (Å²) in [5.41, 5.74) is 3.63. The van der Waals surface area contributed by atoms with Gasteiger partial charge >= 0.3 is 0 Å². The highest BCUT2D eigenvalue weighted by atomic mass is 19.1. The minimum atomic E-state index is -0.323. The van der Waals surface area contributed by atoms with E-state index in [4.69, 9.17) is 0 Å². The molecular weight excluding hydrogens is 409 g/mol. The average Bonchev–Trinajstić information content (AvgIpc) is 3.09. The van der Waals surface area contributed by atoms with Gasteiger partial charge in [-0.1, -0.05) is 6.07 Å². The Labute approximate surface area is 186 Å². The maximum atomic E-state index is 13.3. The SMILES string of the molecule is Cc1ccc(NC(=O)C2CCN(C(=O)c3c(C)nn(-c4ccc(F)cc4)c3C)CC2)nc1. The van der Waals surface area contributed by atoms with E-state index in [-0.39, 0.29) is 23.5 Å². The van der Waals surface area contributed by atoms with Gasteiger partial charge in [-0.25, -0.2) is 14.1 Å². The van der Waals surface area contributed by atoms with Gasteiger partial charge in [-0.05, 0) is 69.5 Å². The lowest BCUT2D eigenvalue weighted by Gasteiger charge is -2.31. The Hall–Kier alpha value is -3.55. The summed E-state index contributed by atoms with van der Waals surface area (Å²) in [7, 11) is 0. The number of carbonyl (C=O) groups is 2. The van der Waals surface area contributed by atoms with Crippen molar-refractivity contribution in [3.05, 3.63) is 70.9 Å². The molecule has 0 bridgehead atoms. The molecule has 2 amide bonds. The van der Waals surface area contributed by atoms with E-state index in [1.807, 2.05) is 19.9 Å². The number of anilines is 1. The Morgan fingerprint density at radius 2 is 1.72 bits per heavy atom. The predicted octanol–water partition coefficient (Wildman–Crippen LogP) is 3.82. The van der Waals surface area contributed by atoms with Gasteiger partial charge in [0.2, 0.25) is 5.91 Å². The van der Waals surface area contributed by atoms with E-state index >= 15 is 0 Å². The van der Waals surface area contributed by atoms with E-state index in [0.29, 0.717) is 54.4 Å². The molecule has 1 N–H and O–H groups in total. The molecule has 32 heavy (non-hydrogen) atoms. The fourth-order valence-corrected chi connectivity index (χ4v) is 4.06. The first-order chi connectivity index (χ1) is 15.3. The Kier molecular flexibility index (Phi) is 6.03. The highest BCUT2D eigenvalue weighted by Crippen LogP contribution is 2.24. The number of carbonyl (C=O) groups excluding carboxylic acids is 2. The zero-order chi connectivity index (χ0) is 22.8. The van der Waals surface area contributed by atoms with E-state index in [1.165, 1.54) is 12.1 Å². The first kappa shape index (κ1) is 21.7. The minimum absolute atomic E-state index is 0.0649. The lowest BCUT2D eigenvalue weighted by molar-refractivity contribution is -0.121. The first-order valence-electron chi connectivity index (χ1n) is 10.7. The Morgan fingerprint density at radius 1 is 1.03 bits per heavy atom. The van der Waals surface area contributed by atoms with Crippen molar-refractivity contribution < 1.29 is 14.0 Å². The number of aryl methyl sites for hydroxylation is 2. The molecule has 0 atom stereocenters. The standard InChI is InChI=1S/C24H26FN5O2/c1-15-4-9-21(26-14-15)27-23(31)18-10-12-29(13-11-18)24(32)22-16(2)28-30(17(22)3)20-7-5-19(25)6-8-20/h4-9,14,18H,10-13H2,1-3H3,(H,26,27,31). The molecule has 3 heterocycles. The summed E-state index contributed by atoms with van der Waals surface area (Å²) < 4.78 is 14.9. The number of benzene rings is 1. The molecule has 1 fully saturated rings. The number of likely N-dealkylation sites (tertiary alicyclic amines) is 1. The van der Waals surface area contributed by atoms with Gasteiger partial charge in [0, 0.05) is 25.2 Å². The molecular formula is C24H26FN5O2. The van der Waals surface area contributed by atoms with Crippen molar-refractivity contribution in [2.75, 3.05) is 18.4 Å². The smallest absolute Gasteiger partial charge is 0.257 e. The van der Waals surface area contributed by atoms with Crippen LogP contribution in [0.15, 0.2) is 42.6 Å². The Morgan fingerprint density at radius 3 is 2.34 bits per heavy atom. The first-order valence-corrected chi connectivity index (χ1v) is 10.7. The largest absolute Gasteiger partial charge is 0.338 e. The third-order valence-corrected chi connectivity index (χ3v) is 5.89. The van der Waals surface area contributed by atoms with E-state index in [9.17, 15) is 14.0 Å². The van der Waals surface area contributed by atoms with Crippen molar-refractivity contribution in [1.82, 2.24) is 19.7 Å². The summed E-state index contributed by atoms with van der Waals surface area (Å²) in [4.78, 5) is 31.8. The lowest BCUT2D eigenvalue weighted by atomic mass is 9.95. The van der Waals surface area contributed by atoms with E-state index < -0.39 is 0 Å². The normalized spacial score (nSPS) is 14.4. The zero-order valence-electron chi connectivity index (χ0n) is 18.4. The number of nitrogens with zero attached hydrogens (tertiary/aromatic N) is 4. The topological polar surface area (TPSA) is 80.1 Å². The number of hydrogen-bond donors (Lipinski definition) is 1. The molecule has 2 aromatic heterocycles. The van der Waals surface area contributed by atoms with Crippen LogP contribution in [0.4, 0.5) is 10.2 Å². The summed E-state index contributed by atoms with van der Waals surface area (Å²) in [6, 6.07) is 9.70. The number of rotatable bonds is 4. The van der Waals surface area contributed by atoms with E-state index in [0.717, 1.165) is 5.56 Å². The molecule has 1 saturated heterocycles. The number of hydrogen-bond acceptors (Lipinski definition) is 4. The summed E-state index contributed by atoms with van der Waals surface area (Å²) in [6.07, 6.45) is 2.90. The van der Waals surface area contributed by atoms with Crippen LogP contribution in [0.2, 0.25) is 0 Å². The van der Waals surface area contributed by atoms with Crippen LogP contribution in [0, 0.1) is 32.5 Å². The van der Waals surface area contributed by atoms with Crippen molar-refractivity contribution in [3.8, 4) is 5.69 Å². The summed E-state index contributed by atoms with van der Waals surface area (Å²) in [6.45, 7) is 6.58. The summed E-state index contributed by atoms with van der Waals surface area (Å²) in [5, 5.41) is 7.36. The number of pyridine rings is 1. The molecule has 8 heteroatoms. The van der Waals surface area contributed by atoms with Gasteiger partial charge in [0.1, 0.15) is 11.6 Å². The van der Waals surface area contributed by atoms with Gasteiger partial charge in [-0.2, -0.15) is 5.10 Å². The molecule has 7 nitrogen and oxygen atoms in total. The van der Waals surface area contributed by atoms with E-state index in [1.54, 1.807) is 40.9 Å². The van der Waals surface area contributed by atoms with Crippen LogP contribution >= 0.6 is 0 Å². The van der Waals surface area contributed by atoms with Gasteiger partial charge in [0.15, 0.2) is 0 Å². The van der Waals surface area contributed by atoms with Crippen LogP contribution in [0.1, 0.15) is 40.2 Å². The molecule has 4 rings (SSSR count). The molecule has 1 aromatic carbocycles. The third kappa shape index (κ3) is 4.39. The number of aromatic nitrogens is 3. The van der Waals surface area contributed by atoms with Crippen LogP contribution in [0.5, 0.6) is 0 Å². The maximum absolute atomic E-state index is 13.3. The second-order valence-corrected chi connectivity index (χ2v) is 8.21. The van der Waals surface area contributed by atoms with Crippen molar-refractivity contribution in [3.63, 3.8) is 0 Å². The molecule has 0 aliphatic carbocycles. The van der Waals surface area contributed by atoms with Crippen LogP contribution < -0.4 is 5.32 Å². The Bertz CT molecular complexity index is 1130. The fraction of sp³-hybridized carbons (Fsp3) is 0.333. The third-order valence-electron chi connectivity index (χ3n) is 5.89. The zero-order valence-corrected chi connectivity index (χ0v) is 18.4. The van der Waals surface area contributed by atoms with Gasteiger partial charge in [0.05, 0.1) is 22.6 Å². The highest BCUT2D eigenvalue weighted by Gasteiger charge is 2.30. The van der Waals surface area contributed by atoms with Crippen molar-refractivity contribution >= 4 is 17.6 Å². The molecule has 3 aromatic rings. The summed E-state index contributed by atoms with van der Waals surface area (Å²) >= 11 is 0. The quantitative estimate of drug-likeness (QED) is 0.676. The second-order valence-electron chi connectivity index (χ2n) is 8.21. The van der Waals surface area contributed by atoms with Gasteiger partial charge < -0.3 is 10.2 Å². The molecule has 0 radical (unpaired) electrons. The van der Waals surface area contributed by atoms with Gasteiger partial charge in [-0.15, -0.1) is 0 Å². The van der Waals surface area contributed by atoms with Crippen molar-refractivity contribution in [2.45, 2.75) is 33.6 Å². The maximum Gasteiger partial charge on any atom is 0.257 e. The van der Waals surface area contributed by atoms with Gasteiger partial charge in [-0.3, -0.25) is 9.59 Å². The number of piperidine rings is 1. The Balaban J connectivity index is 1.42. The molecule has 0 spiro atoms. The van der Waals surface area contributed by atoms with Gasteiger partial charge in [0.25, 0.3) is 5.91 Å². The fourth-order valence-electron chi connectivity index (χ4n) is 4.06. The minimum Gasteiger partial charge on any atom is -0.338 e. The molecule has 0 unspecified atom stereocenters. The lowest BCUT2D eigenvalue weighted by Crippen LogP contribution is -2.41. The van der Waals surface area contributed by atoms with Crippen LogP contribution in [0.25, 0.3) is 5.69 Å². The van der Waals surface area contributed by atoms with Crippen molar-refractivity contribution in [2.24, 2.45) is 5.92 Å². The average molecular weight is 436 g/mol. The number of nitrogens with one attached hydrogen (secondary N) is 1. The van der Waals surface area contributed by atoms with Crippen LogP contribution in [0.3, 0.4) is 0 Å². The predicted molar refractivity (Wildman–Crippen MR) is 119 cm³/mol. The van der Waals surface area contributed by atoms with Crippen molar-refractivity contribution in [1.29, 1.82) is 0 Å². The molecule has 1 aliphatic heterocycles. The second kappa shape index (κ2) is 8.90.